The molecule has 0 aromatic heterocycles. The summed E-state index contributed by atoms with van der Waals surface area (Å²) in [6.07, 6.45) is 17.2. The first-order valence-electron chi connectivity index (χ1n) is 14.3. The van der Waals surface area contributed by atoms with Crippen LogP contribution in [0.1, 0.15) is 116 Å². The average Bonchev–Trinajstić information content (AvgIpc) is 3.16. The van der Waals surface area contributed by atoms with Gasteiger partial charge in [0, 0.05) is 0 Å². The standard InChI is InChI=1S/C31H47FO/c1-21(8-6-12-29(33)22-9-7-11-24(32)20-22)26-15-16-27-25-14-13-23-10-4-5-18-30(23,2)28(25)17-19-31(26,27)3/h7,9,11,20-21,23,25-29,33H,4-6,8,10,12-19H2,1-3H3/t21-,23-,25+,26-,27+,28+,29?,30+,31-/m1/s1. The zero-order valence-corrected chi connectivity index (χ0v) is 21.4. The van der Waals surface area contributed by atoms with E-state index in [9.17, 15) is 9.50 Å². The van der Waals surface area contributed by atoms with Gasteiger partial charge in [0.05, 0.1) is 6.10 Å². The number of rotatable bonds is 6. The number of aliphatic hydroxyl groups is 1. The van der Waals surface area contributed by atoms with Gasteiger partial charge in [-0.05, 0) is 122 Å². The lowest BCUT2D eigenvalue weighted by Gasteiger charge is -2.61. The quantitative estimate of drug-likeness (QED) is 0.455. The molecule has 33 heavy (non-hydrogen) atoms. The van der Waals surface area contributed by atoms with Crippen LogP contribution < -0.4 is 0 Å². The molecule has 4 aliphatic rings. The van der Waals surface area contributed by atoms with Crippen LogP contribution >= 0.6 is 0 Å². The maximum absolute atomic E-state index is 13.5. The summed E-state index contributed by atoms with van der Waals surface area (Å²) in [6.45, 7) is 7.84. The van der Waals surface area contributed by atoms with Crippen molar-refractivity contribution in [2.45, 2.75) is 110 Å². The highest BCUT2D eigenvalue weighted by Crippen LogP contribution is 2.68. The molecule has 1 aromatic carbocycles. The minimum absolute atomic E-state index is 0.253. The fraction of sp³-hybridized carbons (Fsp3) is 0.806. The highest BCUT2D eigenvalue weighted by atomic mass is 19.1. The third-order valence-corrected chi connectivity index (χ3v) is 11.7. The fourth-order valence-electron chi connectivity index (χ4n) is 9.99. The molecule has 0 heterocycles. The van der Waals surface area contributed by atoms with Crippen LogP contribution in [0.4, 0.5) is 4.39 Å². The second-order valence-corrected chi connectivity index (χ2v) is 13.1. The van der Waals surface area contributed by atoms with E-state index in [2.05, 4.69) is 20.8 Å². The molecule has 0 aliphatic heterocycles. The van der Waals surface area contributed by atoms with Crippen LogP contribution in [0.3, 0.4) is 0 Å². The van der Waals surface area contributed by atoms with E-state index >= 15 is 0 Å². The molecule has 4 fully saturated rings. The van der Waals surface area contributed by atoms with Crippen molar-refractivity contribution >= 4 is 0 Å². The van der Waals surface area contributed by atoms with E-state index in [1.54, 1.807) is 6.07 Å². The fourth-order valence-corrected chi connectivity index (χ4v) is 9.99. The molecule has 4 aliphatic carbocycles. The molecule has 0 radical (unpaired) electrons. The van der Waals surface area contributed by atoms with E-state index in [-0.39, 0.29) is 5.82 Å². The molecule has 9 atom stereocenters. The number of hydrogen-bond acceptors (Lipinski definition) is 1. The predicted octanol–water partition coefficient (Wildman–Crippen LogP) is 8.71. The van der Waals surface area contributed by atoms with Crippen molar-refractivity contribution in [3.8, 4) is 0 Å². The summed E-state index contributed by atoms with van der Waals surface area (Å²) in [7, 11) is 0. The zero-order valence-electron chi connectivity index (χ0n) is 21.4. The average molecular weight is 455 g/mol. The van der Waals surface area contributed by atoms with Crippen LogP contribution in [-0.2, 0) is 0 Å². The Balaban J connectivity index is 1.20. The van der Waals surface area contributed by atoms with Crippen molar-refractivity contribution in [2.24, 2.45) is 46.3 Å². The summed E-state index contributed by atoms with van der Waals surface area (Å²) in [4.78, 5) is 0. The minimum Gasteiger partial charge on any atom is -0.388 e. The van der Waals surface area contributed by atoms with Gasteiger partial charge >= 0.3 is 0 Å². The lowest BCUT2D eigenvalue weighted by atomic mass is 9.44. The molecule has 0 spiro atoms. The minimum atomic E-state index is -0.540. The SMILES string of the molecule is C[C@H](CCCC(O)c1cccc(F)c1)[C@H]1CC[C@H]2[C@@H]3CC[C@H]4CCCC[C@]4(C)[C@H]3CC[C@]12C. The van der Waals surface area contributed by atoms with E-state index in [4.69, 9.17) is 0 Å². The van der Waals surface area contributed by atoms with Crippen LogP contribution in [0.15, 0.2) is 24.3 Å². The molecule has 1 unspecified atom stereocenters. The Morgan fingerprint density at radius 1 is 0.939 bits per heavy atom. The van der Waals surface area contributed by atoms with E-state index in [0.29, 0.717) is 10.8 Å². The van der Waals surface area contributed by atoms with Gasteiger partial charge in [-0.3, -0.25) is 0 Å². The van der Waals surface area contributed by atoms with Crippen molar-refractivity contribution in [3.63, 3.8) is 0 Å². The van der Waals surface area contributed by atoms with Crippen LogP contribution in [0, 0.1) is 52.2 Å². The second kappa shape index (κ2) is 9.29. The van der Waals surface area contributed by atoms with Crippen molar-refractivity contribution in [1.82, 2.24) is 0 Å². The molecule has 184 valence electrons. The van der Waals surface area contributed by atoms with Gasteiger partial charge in [0.25, 0.3) is 0 Å². The van der Waals surface area contributed by atoms with Gasteiger partial charge in [-0.15, -0.1) is 0 Å². The van der Waals surface area contributed by atoms with E-state index in [1.807, 2.05) is 6.07 Å². The van der Waals surface area contributed by atoms with Crippen molar-refractivity contribution in [1.29, 1.82) is 0 Å². The van der Waals surface area contributed by atoms with Gasteiger partial charge in [0.2, 0.25) is 0 Å². The summed E-state index contributed by atoms with van der Waals surface area (Å²) in [5.41, 5.74) is 1.89. The van der Waals surface area contributed by atoms with Crippen LogP contribution in [-0.4, -0.2) is 5.11 Å². The number of aliphatic hydroxyl groups excluding tert-OH is 1. The third-order valence-electron chi connectivity index (χ3n) is 11.7. The maximum atomic E-state index is 13.5. The topological polar surface area (TPSA) is 20.2 Å². The van der Waals surface area contributed by atoms with Crippen molar-refractivity contribution < 1.29 is 9.50 Å². The molecule has 1 aromatic rings. The Morgan fingerprint density at radius 3 is 2.58 bits per heavy atom. The number of hydrogen-bond donors (Lipinski definition) is 1. The first-order chi connectivity index (χ1) is 15.8. The molecule has 1 nitrogen and oxygen atoms in total. The predicted molar refractivity (Wildman–Crippen MR) is 134 cm³/mol. The summed E-state index contributed by atoms with van der Waals surface area (Å²) < 4.78 is 13.5. The molecule has 1 N–H and O–H groups in total. The van der Waals surface area contributed by atoms with Crippen molar-refractivity contribution in [3.05, 3.63) is 35.6 Å². The van der Waals surface area contributed by atoms with Gasteiger partial charge in [0.1, 0.15) is 5.82 Å². The normalized spacial score (nSPS) is 42.2. The summed E-state index contributed by atoms with van der Waals surface area (Å²) >= 11 is 0. The molecule has 0 saturated heterocycles. The van der Waals surface area contributed by atoms with Gasteiger partial charge in [-0.2, -0.15) is 0 Å². The van der Waals surface area contributed by atoms with Crippen LogP contribution in [0.5, 0.6) is 0 Å². The number of fused-ring (bicyclic) bond motifs is 5. The monoisotopic (exact) mass is 454 g/mol. The van der Waals surface area contributed by atoms with Gasteiger partial charge < -0.3 is 5.11 Å². The maximum Gasteiger partial charge on any atom is 0.123 e. The largest absolute Gasteiger partial charge is 0.388 e. The molecular weight excluding hydrogens is 407 g/mol. The Hall–Kier alpha value is -0.890. The summed E-state index contributed by atoms with van der Waals surface area (Å²) in [6, 6.07) is 6.48. The summed E-state index contributed by atoms with van der Waals surface area (Å²) in [5, 5.41) is 10.5. The van der Waals surface area contributed by atoms with Crippen LogP contribution in [0.2, 0.25) is 0 Å². The molecule has 4 saturated carbocycles. The van der Waals surface area contributed by atoms with Gasteiger partial charge in [-0.1, -0.05) is 58.6 Å². The highest BCUT2D eigenvalue weighted by Gasteiger charge is 2.60. The number of benzene rings is 1. The van der Waals surface area contributed by atoms with Crippen molar-refractivity contribution in [2.75, 3.05) is 0 Å². The van der Waals surface area contributed by atoms with Crippen LogP contribution in [0.25, 0.3) is 0 Å². The Bertz CT molecular complexity index is 821. The van der Waals surface area contributed by atoms with E-state index in [1.165, 1.54) is 82.8 Å². The second-order valence-electron chi connectivity index (χ2n) is 13.1. The van der Waals surface area contributed by atoms with Gasteiger partial charge in [-0.25, -0.2) is 4.39 Å². The third kappa shape index (κ3) is 4.21. The molecule has 0 bridgehead atoms. The van der Waals surface area contributed by atoms with E-state index in [0.717, 1.165) is 53.9 Å². The Kier molecular flexibility index (Phi) is 6.71. The smallest absolute Gasteiger partial charge is 0.123 e. The summed E-state index contributed by atoms with van der Waals surface area (Å²) in [5.74, 6) is 5.24. The first-order valence-corrected chi connectivity index (χ1v) is 14.3. The number of halogens is 1. The highest BCUT2D eigenvalue weighted by molar-refractivity contribution is 5.18. The molecule has 5 rings (SSSR count). The lowest BCUT2D eigenvalue weighted by molar-refractivity contribution is -0.114. The zero-order chi connectivity index (χ0) is 23.2. The Labute approximate surface area is 201 Å². The van der Waals surface area contributed by atoms with E-state index < -0.39 is 6.10 Å². The van der Waals surface area contributed by atoms with Gasteiger partial charge in [0.15, 0.2) is 0 Å². The molecule has 2 heteroatoms. The first kappa shape index (κ1) is 23.8. The molecular formula is C31H47FO. The Morgan fingerprint density at radius 2 is 1.76 bits per heavy atom. The lowest BCUT2D eigenvalue weighted by Crippen LogP contribution is -2.53. The molecule has 0 amide bonds.